The van der Waals surface area contributed by atoms with E-state index in [0.29, 0.717) is 10.2 Å². The van der Waals surface area contributed by atoms with E-state index in [1.807, 2.05) is 4.90 Å². The Bertz CT molecular complexity index is 1020. The van der Waals surface area contributed by atoms with Crippen LogP contribution in [-0.4, -0.2) is 69.8 Å². The Balaban J connectivity index is 1.57. The van der Waals surface area contributed by atoms with Crippen LogP contribution in [0, 0.1) is 0 Å². The van der Waals surface area contributed by atoms with Gasteiger partial charge in [0.2, 0.25) is 0 Å². The molecule has 0 unspecified atom stereocenters. The summed E-state index contributed by atoms with van der Waals surface area (Å²) in [7, 11) is 0. The van der Waals surface area contributed by atoms with Gasteiger partial charge < -0.3 is 14.5 Å². The number of hydrogen-bond acceptors (Lipinski definition) is 5. The van der Waals surface area contributed by atoms with Crippen LogP contribution in [0.15, 0.2) is 30.5 Å². The highest BCUT2D eigenvalue weighted by Gasteiger charge is 2.41. The fourth-order valence-corrected chi connectivity index (χ4v) is 4.57. The number of benzene rings is 1. The quantitative estimate of drug-likeness (QED) is 0.559. The van der Waals surface area contributed by atoms with Crippen molar-refractivity contribution in [2.24, 2.45) is 0 Å². The van der Waals surface area contributed by atoms with Gasteiger partial charge in [0.25, 0.3) is 5.91 Å². The number of carbonyl (C=O) groups is 2. The molecule has 0 spiro atoms. The lowest BCUT2D eigenvalue weighted by Gasteiger charge is -2.38. The molecule has 1 saturated heterocycles. The zero-order valence-electron chi connectivity index (χ0n) is 19.3. The van der Waals surface area contributed by atoms with E-state index < -0.39 is 23.4 Å². The van der Waals surface area contributed by atoms with Gasteiger partial charge in [-0.3, -0.25) is 4.79 Å². The fourth-order valence-electron chi connectivity index (χ4n) is 4.57. The Morgan fingerprint density at radius 3 is 2.21 bits per heavy atom. The van der Waals surface area contributed by atoms with Crippen LogP contribution in [0.1, 0.15) is 65.9 Å². The van der Waals surface area contributed by atoms with Gasteiger partial charge in [0.05, 0.1) is 18.5 Å². The van der Waals surface area contributed by atoms with E-state index in [1.54, 1.807) is 0 Å². The maximum absolute atomic E-state index is 13.8. The molecule has 1 aromatic carbocycles. The van der Waals surface area contributed by atoms with Gasteiger partial charge in [-0.15, -0.1) is 0 Å². The van der Waals surface area contributed by atoms with Crippen LogP contribution in [0.25, 0.3) is 5.69 Å². The number of alkyl halides is 3. The average molecular weight is 479 g/mol. The lowest BCUT2D eigenvalue weighted by atomic mass is 10.0. The molecule has 4 rings (SSSR count). The fraction of sp³-hybridized carbons (Fsp3) is 0.542. The highest BCUT2D eigenvalue weighted by molar-refractivity contribution is 5.95. The van der Waals surface area contributed by atoms with Crippen LogP contribution < -0.4 is 0 Å². The molecular formula is C24H29F3N4O3. The van der Waals surface area contributed by atoms with E-state index in [2.05, 4.69) is 16.9 Å². The number of hydrogen-bond donors (Lipinski definition) is 0. The smallest absolute Gasteiger partial charge is 0.434 e. The lowest BCUT2D eigenvalue weighted by Crippen LogP contribution is -2.48. The molecule has 0 radical (unpaired) electrons. The minimum absolute atomic E-state index is 0.0485. The molecule has 10 heteroatoms. The lowest BCUT2D eigenvalue weighted by molar-refractivity contribution is -0.143. The minimum atomic E-state index is -4.82. The summed E-state index contributed by atoms with van der Waals surface area (Å²) in [6, 6.07) is 6.32. The van der Waals surface area contributed by atoms with Gasteiger partial charge in [0.1, 0.15) is 5.56 Å². The predicted molar refractivity (Wildman–Crippen MR) is 119 cm³/mol. The van der Waals surface area contributed by atoms with Gasteiger partial charge in [-0.05, 0) is 63.4 Å². The Kier molecular flexibility index (Phi) is 6.97. The van der Waals surface area contributed by atoms with Crippen molar-refractivity contribution in [3.8, 4) is 5.69 Å². The number of carbonyl (C=O) groups excluding carboxylic acids is 2. The molecule has 7 nitrogen and oxygen atoms in total. The molecule has 2 aromatic rings. The summed E-state index contributed by atoms with van der Waals surface area (Å²) in [6.45, 7) is 6.51. The molecule has 1 aromatic heterocycles. The molecule has 1 amide bonds. The monoisotopic (exact) mass is 478 g/mol. The minimum Gasteiger partial charge on any atom is -0.462 e. The molecule has 34 heavy (non-hydrogen) atoms. The standard InChI is InChI=1S/C24H29F3N4O3/c1-3-29-13-11-18(12-14-29)30(17-9-10-17)22(32)16-5-7-19(8-6-16)31-21(24(25,26)27)20(15-28-31)23(33)34-4-2/h5-8,15,17-18H,3-4,9-14H2,1-2H3. The highest BCUT2D eigenvalue weighted by atomic mass is 19.4. The number of likely N-dealkylation sites (tertiary alicyclic amines) is 1. The van der Waals surface area contributed by atoms with Crippen molar-refractivity contribution in [3.05, 3.63) is 47.3 Å². The summed E-state index contributed by atoms with van der Waals surface area (Å²) in [5, 5.41) is 3.79. The zero-order chi connectivity index (χ0) is 24.5. The van der Waals surface area contributed by atoms with Crippen molar-refractivity contribution in [1.82, 2.24) is 19.6 Å². The number of ether oxygens (including phenoxy) is 1. The molecular weight excluding hydrogens is 449 g/mol. The maximum Gasteiger partial charge on any atom is 0.434 e. The van der Waals surface area contributed by atoms with E-state index in [4.69, 9.17) is 4.74 Å². The second-order valence-electron chi connectivity index (χ2n) is 8.69. The van der Waals surface area contributed by atoms with Crippen LogP contribution in [-0.2, 0) is 10.9 Å². The number of amides is 1. The summed E-state index contributed by atoms with van der Waals surface area (Å²) >= 11 is 0. The normalized spacial score (nSPS) is 17.6. The van der Waals surface area contributed by atoms with E-state index in [-0.39, 0.29) is 30.3 Å². The number of piperidine rings is 1. The summed E-state index contributed by atoms with van der Waals surface area (Å²) in [5.74, 6) is -1.17. The number of rotatable bonds is 7. The van der Waals surface area contributed by atoms with Crippen molar-refractivity contribution >= 4 is 11.9 Å². The molecule has 0 atom stereocenters. The van der Waals surface area contributed by atoms with E-state index in [1.165, 1.54) is 31.2 Å². The van der Waals surface area contributed by atoms with Crippen LogP contribution >= 0.6 is 0 Å². The van der Waals surface area contributed by atoms with Crippen molar-refractivity contribution < 1.29 is 27.5 Å². The van der Waals surface area contributed by atoms with Crippen LogP contribution in [0.3, 0.4) is 0 Å². The first-order valence-electron chi connectivity index (χ1n) is 11.7. The van der Waals surface area contributed by atoms with Crippen molar-refractivity contribution in [1.29, 1.82) is 0 Å². The first-order valence-corrected chi connectivity index (χ1v) is 11.7. The van der Waals surface area contributed by atoms with Crippen molar-refractivity contribution in [2.45, 2.75) is 57.8 Å². The topological polar surface area (TPSA) is 67.7 Å². The highest BCUT2D eigenvalue weighted by Crippen LogP contribution is 2.35. The first kappa shape index (κ1) is 24.3. The molecule has 1 aliphatic carbocycles. The number of halogens is 3. The molecule has 1 aliphatic heterocycles. The second kappa shape index (κ2) is 9.77. The third-order valence-electron chi connectivity index (χ3n) is 6.46. The van der Waals surface area contributed by atoms with Gasteiger partial charge in [-0.25, -0.2) is 9.48 Å². The van der Waals surface area contributed by atoms with Crippen LogP contribution in [0.5, 0.6) is 0 Å². The number of aromatic nitrogens is 2. The van der Waals surface area contributed by atoms with Gasteiger partial charge in [-0.2, -0.15) is 18.3 Å². The average Bonchev–Trinajstić information content (AvgIpc) is 3.54. The van der Waals surface area contributed by atoms with Gasteiger partial charge >= 0.3 is 12.1 Å². The molecule has 1 saturated carbocycles. The number of nitrogens with zero attached hydrogens (tertiary/aromatic N) is 4. The molecule has 184 valence electrons. The maximum atomic E-state index is 13.8. The Labute approximate surface area is 196 Å². The van der Waals surface area contributed by atoms with Gasteiger partial charge in [0.15, 0.2) is 5.69 Å². The molecule has 2 fully saturated rings. The SMILES string of the molecule is CCOC(=O)c1cnn(-c2ccc(C(=O)N(C3CC3)C3CCN(CC)CC3)cc2)c1C(F)(F)F. The van der Waals surface area contributed by atoms with Crippen molar-refractivity contribution in [3.63, 3.8) is 0 Å². The van der Waals surface area contributed by atoms with Crippen molar-refractivity contribution in [2.75, 3.05) is 26.2 Å². The predicted octanol–water partition coefficient (Wildman–Crippen LogP) is 4.16. The molecule has 0 bridgehead atoms. The molecule has 2 heterocycles. The van der Waals surface area contributed by atoms with Crippen LogP contribution in [0.2, 0.25) is 0 Å². The van der Waals surface area contributed by atoms with E-state index in [9.17, 15) is 22.8 Å². The van der Waals surface area contributed by atoms with Crippen LogP contribution in [0.4, 0.5) is 13.2 Å². The summed E-state index contributed by atoms with van der Waals surface area (Å²) in [4.78, 5) is 29.7. The third kappa shape index (κ3) is 4.96. The van der Waals surface area contributed by atoms with E-state index >= 15 is 0 Å². The summed E-state index contributed by atoms with van der Waals surface area (Å²) in [5.41, 5.74) is -1.31. The molecule has 2 aliphatic rings. The van der Waals surface area contributed by atoms with Gasteiger partial charge in [-0.1, -0.05) is 6.92 Å². The Morgan fingerprint density at radius 1 is 1.06 bits per heavy atom. The van der Waals surface area contributed by atoms with E-state index in [0.717, 1.165) is 51.5 Å². The Morgan fingerprint density at radius 2 is 1.68 bits per heavy atom. The zero-order valence-corrected chi connectivity index (χ0v) is 19.3. The molecule has 0 N–H and O–H groups in total. The summed E-state index contributed by atoms with van der Waals surface area (Å²) < 4.78 is 46.7. The summed E-state index contributed by atoms with van der Waals surface area (Å²) in [6.07, 6.45) is -0.145. The largest absolute Gasteiger partial charge is 0.462 e. The number of esters is 1. The van der Waals surface area contributed by atoms with Gasteiger partial charge in [0, 0.05) is 30.7 Å². The second-order valence-corrected chi connectivity index (χ2v) is 8.69. The first-order chi connectivity index (χ1) is 16.2. The Hall–Kier alpha value is -2.88. The third-order valence-corrected chi connectivity index (χ3v) is 6.46.